The van der Waals surface area contributed by atoms with E-state index in [9.17, 15) is 0 Å². The molecule has 1 aromatic heterocycles. The Kier molecular flexibility index (Phi) is 6.90. The Hall–Kier alpha value is -7.07. The quantitative estimate of drug-likeness (QED) is 0.179. The van der Waals surface area contributed by atoms with Gasteiger partial charge in [-0.2, -0.15) is 0 Å². The van der Waals surface area contributed by atoms with E-state index in [1.54, 1.807) is 0 Å². The summed E-state index contributed by atoms with van der Waals surface area (Å²) in [6, 6.07) is 68.8. The van der Waals surface area contributed by atoms with Gasteiger partial charge in [0.2, 0.25) is 0 Å². The summed E-state index contributed by atoms with van der Waals surface area (Å²) in [6.45, 7) is 0. The van der Waals surface area contributed by atoms with Crippen molar-refractivity contribution in [2.75, 3.05) is 4.90 Å². The van der Waals surface area contributed by atoms with E-state index < -0.39 is 5.41 Å². The zero-order valence-electron chi connectivity index (χ0n) is 30.6. The molecule has 1 aliphatic heterocycles. The number of furan rings is 1. The van der Waals surface area contributed by atoms with Crippen molar-refractivity contribution in [3.05, 3.63) is 221 Å². The van der Waals surface area contributed by atoms with Gasteiger partial charge < -0.3 is 14.1 Å². The first-order chi connectivity index (χ1) is 28.2. The van der Waals surface area contributed by atoms with Crippen LogP contribution >= 0.6 is 11.6 Å². The lowest BCUT2D eigenvalue weighted by Gasteiger charge is -2.39. The number of para-hydroxylation sites is 4. The lowest BCUT2D eigenvalue weighted by atomic mass is 9.66. The van der Waals surface area contributed by atoms with E-state index >= 15 is 0 Å². The summed E-state index contributed by atoms with van der Waals surface area (Å²) >= 11 is 7.20. The molecule has 4 heteroatoms. The molecule has 3 nitrogen and oxygen atoms in total. The normalized spacial score (nSPS) is 13.3. The summed E-state index contributed by atoms with van der Waals surface area (Å²) in [4.78, 5) is 2.38. The summed E-state index contributed by atoms with van der Waals surface area (Å²) in [7, 11) is 0. The Labute approximate surface area is 334 Å². The highest BCUT2D eigenvalue weighted by molar-refractivity contribution is 6.34. The summed E-state index contributed by atoms with van der Waals surface area (Å²) in [5, 5.41) is 5.27. The molecule has 0 N–H and O–H groups in total. The lowest BCUT2D eigenvalue weighted by Crippen LogP contribution is -2.32. The minimum atomic E-state index is -0.666. The number of hydrogen-bond donors (Lipinski definition) is 0. The number of anilines is 3. The van der Waals surface area contributed by atoms with Gasteiger partial charge in [0.15, 0.2) is 0 Å². The Bertz CT molecular complexity index is 3210. The topological polar surface area (TPSA) is 25.6 Å². The molecule has 1 spiro atoms. The van der Waals surface area contributed by atoms with Crippen LogP contribution in [0.3, 0.4) is 0 Å². The molecule has 268 valence electrons. The third-order valence-electron chi connectivity index (χ3n) is 12.0. The number of rotatable bonds is 4. The van der Waals surface area contributed by atoms with Crippen LogP contribution < -0.4 is 9.64 Å². The summed E-state index contributed by atoms with van der Waals surface area (Å²) in [6.07, 6.45) is 0. The van der Waals surface area contributed by atoms with E-state index in [0.717, 1.165) is 100 Å². The molecule has 9 aromatic carbocycles. The number of ether oxygens (including phenoxy) is 1. The van der Waals surface area contributed by atoms with Crippen LogP contribution in [0.2, 0.25) is 5.02 Å². The molecule has 57 heavy (non-hydrogen) atoms. The van der Waals surface area contributed by atoms with Crippen LogP contribution in [0.5, 0.6) is 11.5 Å². The molecule has 0 saturated carbocycles. The predicted molar refractivity (Wildman–Crippen MR) is 234 cm³/mol. The smallest absolute Gasteiger partial charge is 0.143 e. The number of fused-ring (bicyclic) bond motifs is 13. The van der Waals surface area contributed by atoms with Gasteiger partial charge in [0, 0.05) is 55.1 Å². The summed E-state index contributed by atoms with van der Waals surface area (Å²) in [5.74, 6) is 1.69. The average Bonchev–Trinajstić information content (AvgIpc) is 3.78. The van der Waals surface area contributed by atoms with E-state index in [-0.39, 0.29) is 0 Å². The zero-order chi connectivity index (χ0) is 37.7. The number of nitrogens with zero attached hydrogens (tertiary/aromatic N) is 1. The van der Waals surface area contributed by atoms with Crippen molar-refractivity contribution in [2.45, 2.75) is 5.41 Å². The molecular weight excluding hydrogens is 718 g/mol. The maximum Gasteiger partial charge on any atom is 0.143 e. The van der Waals surface area contributed by atoms with E-state index in [0.29, 0.717) is 0 Å². The third-order valence-corrected chi connectivity index (χ3v) is 12.3. The second-order valence-electron chi connectivity index (χ2n) is 14.9. The predicted octanol–water partition coefficient (Wildman–Crippen LogP) is 15.0. The maximum absolute atomic E-state index is 7.20. The Morgan fingerprint density at radius 2 is 1.14 bits per heavy atom. The highest BCUT2D eigenvalue weighted by Crippen LogP contribution is 2.63. The minimum absolute atomic E-state index is 0.666. The van der Waals surface area contributed by atoms with Crippen LogP contribution in [0.15, 0.2) is 199 Å². The standard InChI is InChI=1S/C53H32ClNO2/c54-47-21-12-20-45-51(47)40-28-27-37(32-46(40)53(45)43-18-7-10-23-49(43)56-50-24-11-8-19-44(50)53)55(36-15-2-1-3-16-36)38-30-41(35-26-25-33-13-4-5-14-34(33)29-35)52-42(31-38)39-17-6-9-22-48(39)57-52/h1-32H. The molecule has 0 fully saturated rings. The van der Waals surface area contributed by atoms with Crippen molar-refractivity contribution >= 4 is 61.4 Å². The van der Waals surface area contributed by atoms with Crippen LogP contribution in [-0.4, -0.2) is 0 Å². The average molecular weight is 750 g/mol. The van der Waals surface area contributed by atoms with Gasteiger partial charge in [0.05, 0.1) is 5.41 Å². The van der Waals surface area contributed by atoms with Crippen molar-refractivity contribution in [3.63, 3.8) is 0 Å². The molecule has 2 heterocycles. The van der Waals surface area contributed by atoms with Gasteiger partial charge in [-0.05, 0) is 99.8 Å². The van der Waals surface area contributed by atoms with Crippen LogP contribution in [0.4, 0.5) is 17.1 Å². The van der Waals surface area contributed by atoms with Crippen molar-refractivity contribution in [2.24, 2.45) is 0 Å². The fourth-order valence-electron chi connectivity index (χ4n) is 9.57. The van der Waals surface area contributed by atoms with Crippen molar-refractivity contribution in [1.29, 1.82) is 0 Å². The molecule has 0 radical (unpaired) electrons. The van der Waals surface area contributed by atoms with Gasteiger partial charge in [-0.15, -0.1) is 0 Å². The Morgan fingerprint density at radius 1 is 0.439 bits per heavy atom. The maximum atomic E-state index is 7.20. The molecule has 2 aliphatic rings. The molecule has 10 aromatic rings. The minimum Gasteiger partial charge on any atom is -0.457 e. The van der Waals surface area contributed by atoms with E-state index in [1.165, 1.54) is 10.8 Å². The molecule has 0 amide bonds. The number of halogens is 1. The fraction of sp³-hybridized carbons (Fsp3) is 0.0189. The first kappa shape index (κ1) is 32.2. The fourth-order valence-corrected chi connectivity index (χ4v) is 9.84. The zero-order valence-corrected chi connectivity index (χ0v) is 31.4. The molecule has 0 unspecified atom stereocenters. The second-order valence-corrected chi connectivity index (χ2v) is 15.3. The highest BCUT2D eigenvalue weighted by atomic mass is 35.5. The van der Waals surface area contributed by atoms with E-state index in [2.05, 4.69) is 175 Å². The molecule has 0 atom stereocenters. The van der Waals surface area contributed by atoms with Crippen LogP contribution in [-0.2, 0) is 5.41 Å². The van der Waals surface area contributed by atoms with Crippen molar-refractivity contribution in [1.82, 2.24) is 0 Å². The van der Waals surface area contributed by atoms with E-state index in [1.807, 2.05) is 24.3 Å². The van der Waals surface area contributed by atoms with Crippen LogP contribution in [0.1, 0.15) is 22.3 Å². The van der Waals surface area contributed by atoms with Crippen molar-refractivity contribution < 1.29 is 9.15 Å². The van der Waals surface area contributed by atoms with Gasteiger partial charge >= 0.3 is 0 Å². The van der Waals surface area contributed by atoms with Crippen LogP contribution in [0, 0.1) is 0 Å². The number of hydrogen-bond acceptors (Lipinski definition) is 3. The first-order valence-electron chi connectivity index (χ1n) is 19.3. The largest absolute Gasteiger partial charge is 0.457 e. The molecule has 0 saturated heterocycles. The summed E-state index contributed by atoms with van der Waals surface area (Å²) in [5.41, 5.74) is 13.0. The van der Waals surface area contributed by atoms with Gasteiger partial charge in [-0.25, -0.2) is 0 Å². The third kappa shape index (κ3) is 4.61. The summed E-state index contributed by atoms with van der Waals surface area (Å²) < 4.78 is 13.3. The molecular formula is C53H32ClNO2. The number of benzene rings is 9. The van der Waals surface area contributed by atoms with Crippen LogP contribution in [0.25, 0.3) is 55.0 Å². The van der Waals surface area contributed by atoms with Gasteiger partial charge in [-0.3, -0.25) is 0 Å². The SMILES string of the molecule is Clc1cccc2c1-c1ccc(N(c3ccccc3)c3cc(-c4ccc5ccccc5c4)c4oc5ccccc5c4c3)cc1C21c2ccccc2Oc2ccccc21. The van der Waals surface area contributed by atoms with Gasteiger partial charge in [0.25, 0.3) is 0 Å². The van der Waals surface area contributed by atoms with E-state index in [4.69, 9.17) is 20.8 Å². The molecule has 12 rings (SSSR count). The lowest BCUT2D eigenvalue weighted by molar-refractivity contribution is 0.436. The monoisotopic (exact) mass is 749 g/mol. The Balaban J connectivity index is 1.16. The van der Waals surface area contributed by atoms with Crippen molar-refractivity contribution in [3.8, 4) is 33.8 Å². The molecule has 1 aliphatic carbocycles. The highest BCUT2D eigenvalue weighted by Gasteiger charge is 2.51. The Morgan fingerprint density at radius 3 is 1.96 bits per heavy atom. The van der Waals surface area contributed by atoms with Gasteiger partial charge in [0.1, 0.15) is 22.7 Å². The first-order valence-corrected chi connectivity index (χ1v) is 19.6. The van der Waals surface area contributed by atoms with Gasteiger partial charge in [-0.1, -0.05) is 139 Å². The molecule has 0 bridgehead atoms. The second kappa shape index (κ2) is 12.2.